The number of β-amino-alcohol motifs (C(OH)–C–C–N with tert-alkyl or cyclic N) is 1. The van der Waals surface area contributed by atoms with Gasteiger partial charge in [0.2, 0.25) is 5.91 Å². The highest BCUT2D eigenvalue weighted by atomic mass is 32.1. The lowest BCUT2D eigenvalue weighted by Gasteiger charge is -2.21. The van der Waals surface area contributed by atoms with E-state index < -0.39 is 5.91 Å². The maximum Gasteiger partial charge on any atom is 0.273 e. The van der Waals surface area contributed by atoms with Crippen molar-refractivity contribution in [2.75, 3.05) is 18.5 Å². The molecule has 26 heavy (non-hydrogen) atoms. The molecule has 0 aliphatic carbocycles. The van der Waals surface area contributed by atoms with Crippen LogP contribution in [-0.2, 0) is 16.0 Å². The summed E-state index contributed by atoms with van der Waals surface area (Å²) in [5.41, 5.74) is 1.04. The molecule has 2 amide bonds. The van der Waals surface area contributed by atoms with Crippen molar-refractivity contribution in [3.8, 4) is 0 Å². The van der Waals surface area contributed by atoms with Crippen molar-refractivity contribution in [2.24, 2.45) is 5.10 Å². The fraction of sp³-hybridized carbons (Fsp3) is 0.294. The number of benzene rings is 1. The predicted molar refractivity (Wildman–Crippen MR) is 95.4 cm³/mol. The second-order valence-electron chi connectivity index (χ2n) is 5.68. The van der Waals surface area contributed by atoms with E-state index in [0.29, 0.717) is 11.6 Å². The number of carbonyl (C=O) groups excluding carboxylic acids is 2. The molecule has 1 aliphatic heterocycles. The predicted octanol–water partition coefficient (Wildman–Crippen LogP) is 1.78. The number of hydrogen-bond donors (Lipinski definition) is 2. The number of aromatic nitrogens is 1. The van der Waals surface area contributed by atoms with Crippen molar-refractivity contribution < 1.29 is 19.1 Å². The van der Waals surface area contributed by atoms with Crippen LogP contribution >= 0.6 is 11.3 Å². The molecule has 0 bridgehead atoms. The minimum absolute atomic E-state index is 0.0602. The number of aliphatic hydroxyl groups excluding tert-OH is 1. The van der Waals surface area contributed by atoms with E-state index in [9.17, 15) is 14.0 Å². The van der Waals surface area contributed by atoms with Gasteiger partial charge < -0.3 is 5.11 Å². The van der Waals surface area contributed by atoms with Gasteiger partial charge in [-0.15, -0.1) is 11.3 Å². The average molecular weight is 376 g/mol. The second kappa shape index (κ2) is 8.15. The van der Waals surface area contributed by atoms with E-state index in [1.165, 1.54) is 23.5 Å². The zero-order valence-electron chi connectivity index (χ0n) is 13.8. The Morgan fingerprint density at radius 1 is 1.38 bits per heavy atom. The lowest BCUT2D eigenvalue weighted by molar-refractivity contribution is -0.132. The van der Waals surface area contributed by atoms with Crippen LogP contribution in [0.1, 0.15) is 23.3 Å². The van der Waals surface area contributed by atoms with Crippen molar-refractivity contribution >= 4 is 34.0 Å². The maximum atomic E-state index is 13.2. The van der Waals surface area contributed by atoms with Gasteiger partial charge in [0.05, 0.1) is 13.2 Å². The van der Waals surface area contributed by atoms with Crippen LogP contribution in [0.2, 0.25) is 0 Å². The fourth-order valence-electron chi connectivity index (χ4n) is 2.50. The summed E-state index contributed by atoms with van der Waals surface area (Å²) < 4.78 is 13.2. The molecular formula is C17H17FN4O3S. The summed E-state index contributed by atoms with van der Waals surface area (Å²) in [6, 6.07) is 6.32. The van der Waals surface area contributed by atoms with Crippen LogP contribution < -0.4 is 5.32 Å². The molecule has 2 aromatic rings. The second-order valence-corrected chi connectivity index (χ2v) is 6.79. The molecule has 1 aliphatic rings. The Hall–Kier alpha value is -2.65. The first-order valence-corrected chi connectivity index (χ1v) is 8.86. The Morgan fingerprint density at radius 3 is 3.00 bits per heavy atom. The molecule has 0 saturated carbocycles. The van der Waals surface area contributed by atoms with E-state index in [2.05, 4.69) is 15.4 Å². The number of aliphatic hydroxyl groups is 1. The van der Waals surface area contributed by atoms with Gasteiger partial charge in [-0.3, -0.25) is 14.9 Å². The number of nitrogens with zero attached hydrogens (tertiary/aromatic N) is 3. The zero-order valence-corrected chi connectivity index (χ0v) is 14.6. The first-order valence-electron chi connectivity index (χ1n) is 8.04. The number of hydrogen-bond acceptors (Lipinski definition) is 6. The number of rotatable bonds is 6. The van der Waals surface area contributed by atoms with Gasteiger partial charge in [0.25, 0.3) is 5.91 Å². The molecule has 1 aromatic heterocycles. The van der Waals surface area contributed by atoms with Crippen LogP contribution in [0, 0.1) is 5.82 Å². The maximum absolute atomic E-state index is 13.2. The van der Waals surface area contributed by atoms with Gasteiger partial charge in [0, 0.05) is 30.3 Å². The highest BCUT2D eigenvalue weighted by molar-refractivity contribution is 7.15. The molecule has 0 saturated heterocycles. The molecular weight excluding hydrogens is 359 g/mol. The van der Waals surface area contributed by atoms with Crippen LogP contribution in [0.25, 0.3) is 0 Å². The Morgan fingerprint density at radius 2 is 2.23 bits per heavy atom. The fourth-order valence-corrected chi connectivity index (χ4v) is 3.34. The van der Waals surface area contributed by atoms with Gasteiger partial charge in [-0.05, 0) is 17.7 Å². The standard InChI is InChI=1S/C17H17FN4O3S/c18-12-3-1-2-11(8-12)9-13-10-19-17(26-13)20-16(25)14-4-5-15(24)22(21-14)6-7-23/h1-3,8,10,23H,4-7,9H2,(H,19,20,25). The number of hydrazone groups is 1. The lowest BCUT2D eigenvalue weighted by Crippen LogP contribution is -2.37. The third-order valence-electron chi connectivity index (χ3n) is 3.72. The third-order valence-corrected chi connectivity index (χ3v) is 4.63. The van der Waals surface area contributed by atoms with Crippen LogP contribution in [0.5, 0.6) is 0 Å². The minimum Gasteiger partial charge on any atom is -0.394 e. The minimum atomic E-state index is -0.424. The number of carbonyl (C=O) groups is 2. The molecule has 7 nitrogen and oxygen atoms in total. The summed E-state index contributed by atoms with van der Waals surface area (Å²) in [5.74, 6) is -0.938. The van der Waals surface area contributed by atoms with Gasteiger partial charge >= 0.3 is 0 Å². The summed E-state index contributed by atoms with van der Waals surface area (Å²) in [4.78, 5) is 29.0. The highest BCUT2D eigenvalue weighted by Crippen LogP contribution is 2.22. The SMILES string of the molecule is O=C(Nc1ncc(Cc2cccc(F)c2)s1)C1=NN(CCO)C(=O)CC1. The number of thiazole rings is 1. The Bertz CT molecular complexity index is 852. The number of nitrogens with one attached hydrogen (secondary N) is 1. The average Bonchev–Trinajstić information content (AvgIpc) is 3.04. The van der Waals surface area contributed by atoms with Crippen molar-refractivity contribution in [1.82, 2.24) is 9.99 Å². The lowest BCUT2D eigenvalue weighted by atomic mass is 10.1. The van der Waals surface area contributed by atoms with Crippen LogP contribution in [-0.4, -0.2) is 45.8 Å². The molecule has 2 heterocycles. The van der Waals surface area contributed by atoms with E-state index in [1.54, 1.807) is 12.3 Å². The summed E-state index contributed by atoms with van der Waals surface area (Å²) in [7, 11) is 0. The van der Waals surface area contributed by atoms with E-state index >= 15 is 0 Å². The first kappa shape index (κ1) is 18.2. The number of anilines is 1. The van der Waals surface area contributed by atoms with E-state index in [4.69, 9.17) is 5.11 Å². The summed E-state index contributed by atoms with van der Waals surface area (Å²) in [6.07, 6.45) is 2.57. The monoisotopic (exact) mass is 376 g/mol. The Balaban J connectivity index is 1.64. The topological polar surface area (TPSA) is 94.9 Å². The molecule has 1 aromatic carbocycles. The molecule has 0 atom stereocenters. The number of halogens is 1. The number of amides is 2. The summed E-state index contributed by atoms with van der Waals surface area (Å²) >= 11 is 1.30. The highest BCUT2D eigenvalue weighted by Gasteiger charge is 2.24. The smallest absolute Gasteiger partial charge is 0.273 e. The van der Waals surface area contributed by atoms with Gasteiger partial charge in [-0.1, -0.05) is 12.1 Å². The first-order chi connectivity index (χ1) is 12.5. The quantitative estimate of drug-likeness (QED) is 0.803. The van der Waals surface area contributed by atoms with Crippen molar-refractivity contribution in [1.29, 1.82) is 0 Å². The zero-order chi connectivity index (χ0) is 18.5. The van der Waals surface area contributed by atoms with Gasteiger partial charge in [0.15, 0.2) is 5.13 Å². The van der Waals surface area contributed by atoms with Gasteiger partial charge in [0.1, 0.15) is 11.5 Å². The molecule has 0 spiro atoms. The summed E-state index contributed by atoms with van der Waals surface area (Å²) in [6.45, 7) is -0.162. The molecule has 0 radical (unpaired) electrons. The Kier molecular flexibility index (Phi) is 5.69. The molecule has 0 fully saturated rings. The third kappa shape index (κ3) is 4.50. The van der Waals surface area contributed by atoms with Crippen LogP contribution in [0.3, 0.4) is 0 Å². The van der Waals surface area contributed by atoms with Crippen molar-refractivity contribution in [3.05, 3.63) is 46.7 Å². The van der Waals surface area contributed by atoms with Crippen molar-refractivity contribution in [2.45, 2.75) is 19.3 Å². The molecule has 0 unspecified atom stereocenters. The van der Waals surface area contributed by atoms with Crippen LogP contribution in [0.15, 0.2) is 35.6 Å². The molecule has 136 valence electrons. The molecule has 2 N–H and O–H groups in total. The van der Waals surface area contributed by atoms with Crippen LogP contribution in [0.4, 0.5) is 9.52 Å². The Labute approximate surface area is 153 Å². The van der Waals surface area contributed by atoms with Crippen molar-refractivity contribution in [3.63, 3.8) is 0 Å². The summed E-state index contributed by atoms with van der Waals surface area (Å²) in [5, 5.41) is 17.1. The van der Waals surface area contributed by atoms with E-state index in [1.807, 2.05) is 6.07 Å². The van der Waals surface area contributed by atoms with E-state index in [0.717, 1.165) is 15.4 Å². The largest absolute Gasteiger partial charge is 0.394 e. The molecule has 9 heteroatoms. The normalized spacial score (nSPS) is 14.3. The van der Waals surface area contributed by atoms with E-state index in [-0.39, 0.29) is 43.4 Å². The van der Waals surface area contributed by atoms with Gasteiger partial charge in [-0.25, -0.2) is 14.4 Å². The molecule has 3 rings (SSSR count). The van der Waals surface area contributed by atoms with Gasteiger partial charge in [-0.2, -0.15) is 5.10 Å².